The molecule has 0 spiro atoms. The van der Waals surface area contributed by atoms with Crippen LogP contribution >= 0.6 is 0 Å². The van der Waals surface area contributed by atoms with E-state index in [2.05, 4.69) is 5.32 Å². The van der Waals surface area contributed by atoms with Gasteiger partial charge in [-0.05, 0) is 19.8 Å². The third-order valence-electron chi connectivity index (χ3n) is 3.48. The molecule has 0 aromatic heterocycles. The van der Waals surface area contributed by atoms with Crippen LogP contribution < -0.4 is 5.32 Å². The van der Waals surface area contributed by atoms with Gasteiger partial charge in [-0.15, -0.1) is 0 Å². The maximum atomic E-state index is 11.9. The van der Waals surface area contributed by atoms with Crippen LogP contribution in [0, 0.1) is 11.8 Å². The van der Waals surface area contributed by atoms with Crippen molar-refractivity contribution >= 4 is 11.8 Å². The Labute approximate surface area is 102 Å². The summed E-state index contributed by atoms with van der Waals surface area (Å²) in [6.45, 7) is 6.88. The molecule has 1 fully saturated rings. The van der Waals surface area contributed by atoms with Crippen LogP contribution in [0.1, 0.15) is 27.2 Å². The Hall–Kier alpha value is -1.10. The molecular formula is C12H22N2O3. The second-order valence-electron chi connectivity index (χ2n) is 4.79. The zero-order valence-corrected chi connectivity index (χ0v) is 10.8. The minimum absolute atomic E-state index is 0.0262. The molecule has 1 heterocycles. The van der Waals surface area contributed by atoms with Crippen LogP contribution in [0.3, 0.4) is 0 Å². The van der Waals surface area contributed by atoms with E-state index in [1.54, 1.807) is 4.90 Å². The molecule has 0 radical (unpaired) electrons. The third-order valence-corrected chi connectivity index (χ3v) is 3.48. The van der Waals surface area contributed by atoms with Crippen molar-refractivity contribution in [2.45, 2.75) is 33.2 Å². The number of nitrogens with one attached hydrogen (secondary N) is 1. The van der Waals surface area contributed by atoms with Crippen molar-refractivity contribution in [3.8, 4) is 0 Å². The lowest BCUT2D eigenvalue weighted by molar-refractivity contribution is -0.129. The Kier molecular flexibility index (Phi) is 4.93. The number of likely N-dealkylation sites (tertiary alicyclic amines) is 1. The van der Waals surface area contributed by atoms with Gasteiger partial charge in [0.05, 0.1) is 5.92 Å². The molecule has 1 aliphatic rings. The molecule has 1 aliphatic heterocycles. The average Bonchev–Trinajstić information content (AvgIpc) is 2.69. The molecule has 98 valence electrons. The number of carbonyl (C=O) groups is 2. The highest BCUT2D eigenvalue weighted by atomic mass is 16.3. The van der Waals surface area contributed by atoms with Gasteiger partial charge in [0, 0.05) is 32.2 Å². The molecule has 5 heteroatoms. The van der Waals surface area contributed by atoms with Gasteiger partial charge in [0.2, 0.25) is 11.8 Å². The Morgan fingerprint density at radius 1 is 1.59 bits per heavy atom. The van der Waals surface area contributed by atoms with Crippen molar-refractivity contribution < 1.29 is 14.7 Å². The average molecular weight is 242 g/mol. The zero-order valence-electron chi connectivity index (χ0n) is 10.8. The summed E-state index contributed by atoms with van der Waals surface area (Å²) in [6, 6.07) is -0.0710. The fourth-order valence-electron chi connectivity index (χ4n) is 1.90. The molecule has 3 unspecified atom stereocenters. The first kappa shape index (κ1) is 14.0. The van der Waals surface area contributed by atoms with Crippen LogP contribution in [0.2, 0.25) is 0 Å². The maximum Gasteiger partial charge on any atom is 0.225 e. The van der Waals surface area contributed by atoms with Gasteiger partial charge < -0.3 is 15.3 Å². The van der Waals surface area contributed by atoms with Crippen molar-refractivity contribution in [1.29, 1.82) is 0 Å². The largest absolute Gasteiger partial charge is 0.396 e. The molecule has 0 bridgehead atoms. The summed E-state index contributed by atoms with van der Waals surface area (Å²) < 4.78 is 0. The number of aliphatic hydroxyl groups is 1. The molecule has 3 atom stereocenters. The van der Waals surface area contributed by atoms with Gasteiger partial charge in [-0.25, -0.2) is 0 Å². The summed E-state index contributed by atoms with van der Waals surface area (Å²) in [4.78, 5) is 25.1. The lowest BCUT2D eigenvalue weighted by Gasteiger charge is -2.21. The normalized spacial score (nSPS) is 23.6. The van der Waals surface area contributed by atoms with Gasteiger partial charge in [0.15, 0.2) is 0 Å². The lowest BCUT2D eigenvalue weighted by Crippen LogP contribution is -2.42. The van der Waals surface area contributed by atoms with E-state index in [0.29, 0.717) is 19.5 Å². The van der Waals surface area contributed by atoms with E-state index in [1.807, 2.05) is 20.8 Å². The first-order chi connectivity index (χ1) is 7.99. The summed E-state index contributed by atoms with van der Waals surface area (Å²) in [6.07, 6.45) is 0.305. The van der Waals surface area contributed by atoms with E-state index in [0.717, 1.165) is 0 Å². The summed E-state index contributed by atoms with van der Waals surface area (Å²) in [5.74, 6) is -0.244. The van der Waals surface area contributed by atoms with E-state index >= 15 is 0 Å². The fraction of sp³-hybridized carbons (Fsp3) is 0.833. The number of amides is 2. The minimum atomic E-state index is -0.240. The van der Waals surface area contributed by atoms with E-state index in [-0.39, 0.29) is 36.3 Å². The quantitative estimate of drug-likeness (QED) is 0.712. The summed E-state index contributed by atoms with van der Waals surface area (Å²) in [5, 5.41) is 11.9. The molecule has 0 aromatic rings. The third kappa shape index (κ3) is 3.43. The van der Waals surface area contributed by atoms with Gasteiger partial charge in [-0.2, -0.15) is 0 Å². The second-order valence-corrected chi connectivity index (χ2v) is 4.79. The van der Waals surface area contributed by atoms with E-state index in [4.69, 9.17) is 5.11 Å². The standard InChI is InChI=1S/C12H22N2O3/c1-4-14-6-10(5-11(14)16)12(17)13-9(3)8(2)7-15/h8-10,15H,4-7H2,1-3H3,(H,13,17). The summed E-state index contributed by atoms with van der Waals surface area (Å²) >= 11 is 0. The molecule has 17 heavy (non-hydrogen) atoms. The Bertz CT molecular complexity index is 293. The topological polar surface area (TPSA) is 69.6 Å². The Morgan fingerprint density at radius 3 is 2.71 bits per heavy atom. The summed E-state index contributed by atoms with van der Waals surface area (Å²) in [5.41, 5.74) is 0. The number of hydrogen-bond acceptors (Lipinski definition) is 3. The highest BCUT2D eigenvalue weighted by Crippen LogP contribution is 2.18. The van der Waals surface area contributed by atoms with Crippen molar-refractivity contribution in [3.63, 3.8) is 0 Å². The molecule has 1 rings (SSSR count). The van der Waals surface area contributed by atoms with Crippen molar-refractivity contribution in [2.75, 3.05) is 19.7 Å². The number of aliphatic hydroxyl groups excluding tert-OH is 1. The Balaban J connectivity index is 2.47. The van der Waals surface area contributed by atoms with Crippen LogP contribution in [0.25, 0.3) is 0 Å². The highest BCUT2D eigenvalue weighted by molar-refractivity contribution is 5.89. The van der Waals surface area contributed by atoms with E-state index in [1.165, 1.54) is 0 Å². The van der Waals surface area contributed by atoms with Gasteiger partial charge in [0.1, 0.15) is 0 Å². The summed E-state index contributed by atoms with van der Waals surface area (Å²) in [7, 11) is 0. The van der Waals surface area contributed by atoms with Crippen LogP contribution in [-0.4, -0.2) is 47.6 Å². The molecule has 0 aromatic carbocycles. The van der Waals surface area contributed by atoms with Crippen molar-refractivity contribution in [1.82, 2.24) is 10.2 Å². The monoisotopic (exact) mass is 242 g/mol. The molecule has 0 saturated carbocycles. The van der Waals surface area contributed by atoms with E-state index < -0.39 is 0 Å². The first-order valence-electron chi connectivity index (χ1n) is 6.18. The molecule has 2 amide bonds. The van der Waals surface area contributed by atoms with Gasteiger partial charge in [-0.3, -0.25) is 9.59 Å². The number of rotatable bonds is 5. The molecule has 0 aliphatic carbocycles. The van der Waals surface area contributed by atoms with Crippen LogP contribution in [0.15, 0.2) is 0 Å². The van der Waals surface area contributed by atoms with E-state index in [9.17, 15) is 9.59 Å². The lowest BCUT2D eigenvalue weighted by atomic mass is 10.0. The van der Waals surface area contributed by atoms with Crippen LogP contribution in [0.5, 0.6) is 0 Å². The van der Waals surface area contributed by atoms with Gasteiger partial charge >= 0.3 is 0 Å². The molecule has 1 saturated heterocycles. The Morgan fingerprint density at radius 2 is 2.24 bits per heavy atom. The van der Waals surface area contributed by atoms with Gasteiger partial charge in [0.25, 0.3) is 0 Å². The van der Waals surface area contributed by atoms with Crippen LogP contribution in [0.4, 0.5) is 0 Å². The van der Waals surface area contributed by atoms with Gasteiger partial charge in [-0.1, -0.05) is 6.92 Å². The van der Waals surface area contributed by atoms with Crippen molar-refractivity contribution in [2.24, 2.45) is 11.8 Å². The minimum Gasteiger partial charge on any atom is -0.396 e. The first-order valence-corrected chi connectivity index (χ1v) is 6.18. The number of carbonyl (C=O) groups excluding carboxylic acids is 2. The smallest absolute Gasteiger partial charge is 0.225 e. The SMILES string of the molecule is CCN1CC(C(=O)NC(C)C(C)CO)CC1=O. The highest BCUT2D eigenvalue weighted by Gasteiger charge is 2.34. The molecular weight excluding hydrogens is 220 g/mol. The van der Waals surface area contributed by atoms with Crippen LogP contribution in [-0.2, 0) is 9.59 Å². The number of hydrogen-bond donors (Lipinski definition) is 2. The zero-order chi connectivity index (χ0) is 13.0. The molecule has 2 N–H and O–H groups in total. The van der Waals surface area contributed by atoms with Crippen molar-refractivity contribution in [3.05, 3.63) is 0 Å². The predicted molar refractivity (Wildman–Crippen MR) is 64.2 cm³/mol. The maximum absolute atomic E-state index is 11.9. The predicted octanol–water partition coefficient (Wildman–Crippen LogP) is -0.0121. The molecule has 5 nitrogen and oxygen atoms in total. The number of nitrogens with zero attached hydrogens (tertiary/aromatic N) is 1. The fourth-order valence-corrected chi connectivity index (χ4v) is 1.90. The second kappa shape index (κ2) is 6.00.